The van der Waals surface area contributed by atoms with Gasteiger partial charge in [-0.3, -0.25) is 4.79 Å². The largest absolute Gasteiger partial charge is 0.496 e. The molecule has 8 heteroatoms. The molecule has 26 heavy (non-hydrogen) atoms. The van der Waals surface area contributed by atoms with E-state index < -0.39 is 0 Å². The van der Waals surface area contributed by atoms with Crippen molar-refractivity contribution in [2.45, 2.75) is 13.8 Å². The van der Waals surface area contributed by atoms with Gasteiger partial charge in [0.25, 0.3) is 5.91 Å². The number of hydrogen-bond donors (Lipinski definition) is 2. The number of rotatable bonds is 3. The number of H-pyrrole nitrogens is 1. The number of fused-ring (bicyclic) bond motifs is 3. The molecule has 0 unspecified atom stereocenters. The molecule has 0 spiro atoms. The van der Waals surface area contributed by atoms with Crippen molar-refractivity contribution < 1.29 is 14.1 Å². The molecule has 0 atom stereocenters. The van der Waals surface area contributed by atoms with Crippen LogP contribution >= 0.6 is 0 Å². The highest BCUT2D eigenvalue weighted by molar-refractivity contribution is 6.08. The fourth-order valence-corrected chi connectivity index (χ4v) is 3.16. The molecule has 3 heterocycles. The van der Waals surface area contributed by atoms with Gasteiger partial charge < -0.3 is 19.6 Å². The Kier molecular flexibility index (Phi) is 3.61. The number of benzene rings is 1. The first-order valence-electron chi connectivity index (χ1n) is 8.05. The smallest absolute Gasteiger partial charge is 0.288 e. The Bertz CT molecular complexity index is 1140. The SMILES string of the molecule is CNC(=O)c1ncc2c(n1)[nH]c1cc(-c3c(C)noc3C)c(OC)cc12. The molecule has 0 aliphatic rings. The highest BCUT2D eigenvalue weighted by Crippen LogP contribution is 2.39. The Balaban J connectivity index is 1.99. The standard InChI is InChI=1S/C18H17N5O3/c1-8-15(9(2)26-23-8)11-5-13-10(6-14(11)25-4)12-7-20-17(18(24)19-3)22-16(12)21-13/h5-7H,1-4H3,(H,19,24)(H,20,21,22). The van der Waals surface area contributed by atoms with Crippen LogP contribution in [0.4, 0.5) is 0 Å². The van der Waals surface area contributed by atoms with Gasteiger partial charge in [0, 0.05) is 35.1 Å². The van der Waals surface area contributed by atoms with Crippen molar-refractivity contribution in [1.29, 1.82) is 0 Å². The number of aromatic amines is 1. The number of methoxy groups -OCH3 is 1. The predicted octanol–water partition coefficient (Wildman–Crippen LogP) is 2.75. The molecule has 8 nitrogen and oxygen atoms in total. The fourth-order valence-electron chi connectivity index (χ4n) is 3.16. The zero-order valence-electron chi connectivity index (χ0n) is 14.8. The lowest BCUT2D eigenvalue weighted by molar-refractivity contribution is 0.0953. The number of nitrogens with one attached hydrogen (secondary N) is 2. The molecule has 0 fully saturated rings. The number of aromatic nitrogens is 4. The first-order chi connectivity index (χ1) is 12.5. The van der Waals surface area contributed by atoms with E-state index in [0.29, 0.717) is 11.4 Å². The molecule has 0 aliphatic carbocycles. The third-order valence-corrected chi connectivity index (χ3v) is 4.40. The van der Waals surface area contributed by atoms with Gasteiger partial charge in [-0.05, 0) is 26.0 Å². The van der Waals surface area contributed by atoms with Crippen LogP contribution in [-0.4, -0.2) is 40.2 Å². The van der Waals surface area contributed by atoms with Gasteiger partial charge in [0.1, 0.15) is 17.2 Å². The molecule has 1 amide bonds. The maximum absolute atomic E-state index is 11.8. The van der Waals surface area contributed by atoms with Crippen LogP contribution in [0.15, 0.2) is 22.9 Å². The summed E-state index contributed by atoms with van der Waals surface area (Å²) in [4.78, 5) is 23.5. The first kappa shape index (κ1) is 16.1. The second kappa shape index (κ2) is 5.83. The van der Waals surface area contributed by atoms with E-state index in [2.05, 4.69) is 25.4 Å². The third kappa shape index (κ3) is 2.30. The van der Waals surface area contributed by atoms with Gasteiger partial charge in [-0.2, -0.15) is 0 Å². The summed E-state index contributed by atoms with van der Waals surface area (Å²) in [7, 11) is 3.17. The molecule has 0 saturated heterocycles. The molecule has 1 aromatic carbocycles. The average Bonchev–Trinajstić information content (AvgIpc) is 3.17. The van der Waals surface area contributed by atoms with E-state index in [1.54, 1.807) is 20.4 Å². The van der Waals surface area contributed by atoms with Crippen molar-refractivity contribution in [2.24, 2.45) is 0 Å². The maximum atomic E-state index is 11.8. The minimum absolute atomic E-state index is 0.115. The lowest BCUT2D eigenvalue weighted by Gasteiger charge is -2.08. The number of carbonyl (C=O) groups is 1. The zero-order valence-corrected chi connectivity index (χ0v) is 14.8. The van der Waals surface area contributed by atoms with Gasteiger partial charge >= 0.3 is 0 Å². The van der Waals surface area contributed by atoms with Gasteiger partial charge in [0.2, 0.25) is 5.82 Å². The van der Waals surface area contributed by atoms with Crippen molar-refractivity contribution in [1.82, 2.24) is 25.4 Å². The van der Waals surface area contributed by atoms with Crippen LogP contribution in [0.1, 0.15) is 22.1 Å². The summed E-state index contributed by atoms with van der Waals surface area (Å²) < 4.78 is 10.9. The Morgan fingerprint density at radius 3 is 2.73 bits per heavy atom. The third-order valence-electron chi connectivity index (χ3n) is 4.40. The molecule has 0 saturated carbocycles. The highest BCUT2D eigenvalue weighted by atomic mass is 16.5. The van der Waals surface area contributed by atoms with Crippen LogP contribution in [0.5, 0.6) is 5.75 Å². The number of carbonyl (C=O) groups excluding carboxylic acids is 1. The Hall–Kier alpha value is -3.42. The van der Waals surface area contributed by atoms with Crippen LogP contribution in [0.25, 0.3) is 33.1 Å². The molecule has 3 aromatic heterocycles. The van der Waals surface area contributed by atoms with Crippen molar-refractivity contribution >= 4 is 27.8 Å². The Labute approximate surface area is 148 Å². The van der Waals surface area contributed by atoms with Crippen molar-refractivity contribution in [3.8, 4) is 16.9 Å². The van der Waals surface area contributed by atoms with E-state index >= 15 is 0 Å². The van der Waals surface area contributed by atoms with E-state index in [-0.39, 0.29) is 11.7 Å². The normalized spacial score (nSPS) is 11.2. The minimum Gasteiger partial charge on any atom is -0.496 e. The summed E-state index contributed by atoms with van der Waals surface area (Å²) in [6.07, 6.45) is 1.64. The second-order valence-corrected chi connectivity index (χ2v) is 5.96. The number of amides is 1. The monoisotopic (exact) mass is 351 g/mol. The van der Waals surface area contributed by atoms with Crippen LogP contribution in [-0.2, 0) is 0 Å². The van der Waals surface area contributed by atoms with Gasteiger partial charge in [-0.15, -0.1) is 0 Å². The summed E-state index contributed by atoms with van der Waals surface area (Å²) in [5.74, 6) is 1.20. The van der Waals surface area contributed by atoms with Gasteiger partial charge in [-0.25, -0.2) is 9.97 Å². The molecule has 4 aromatic rings. The highest BCUT2D eigenvalue weighted by Gasteiger charge is 2.19. The molecule has 0 aliphatic heterocycles. The Morgan fingerprint density at radius 2 is 2.08 bits per heavy atom. The topological polar surface area (TPSA) is 106 Å². The van der Waals surface area contributed by atoms with Crippen molar-refractivity contribution in [3.63, 3.8) is 0 Å². The first-order valence-corrected chi connectivity index (χ1v) is 8.05. The number of nitrogens with zero attached hydrogens (tertiary/aromatic N) is 3. The van der Waals surface area contributed by atoms with Gasteiger partial charge in [-0.1, -0.05) is 5.16 Å². The summed E-state index contributed by atoms with van der Waals surface area (Å²) >= 11 is 0. The van der Waals surface area contributed by atoms with Crippen LogP contribution in [0, 0.1) is 13.8 Å². The van der Waals surface area contributed by atoms with E-state index in [9.17, 15) is 4.79 Å². The summed E-state index contributed by atoms with van der Waals surface area (Å²) in [5, 5.41) is 8.28. The van der Waals surface area contributed by atoms with E-state index in [1.807, 2.05) is 26.0 Å². The lowest BCUT2D eigenvalue weighted by Crippen LogP contribution is -2.20. The number of hydrogen-bond acceptors (Lipinski definition) is 6. The summed E-state index contributed by atoms with van der Waals surface area (Å²) in [6.45, 7) is 3.76. The molecular weight excluding hydrogens is 334 g/mol. The Morgan fingerprint density at radius 1 is 1.27 bits per heavy atom. The van der Waals surface area contributed by atoms with Crippen LogP contribution in [0.3, 0.4) is 0 Å². The number of ether oxygens (including phenoxy) is 1. The molecule has 0 radical (unpaired) electrons. The van der Waals surface area contributed by atoms with E-state index in [4.69, 9.17) is 9.26 Å². The zero-order chi connectivity index (χ0) is 18.4. The summed E-state index contributed by atoms with van der Waals surface area (Å²) in [5.41, 5.74) is 4.02. The lowest BCUT2D eigenvalue weighted by atomic mass is 10.0. The maximum Gasteiger partial charge on any atom is 0.288 e. The van der Waals surface area contributed by atoms with Crippen LogP contribution in [0.2, 0.25) is 0 Å². The fraction of sp³-hybridized carbons (Fsp3) is 0.222. The van der Waals surface area contributed by atoms with E-state index in [0.717, 1.165) is 38.9 Å². The second-order valence-electron chi connectivity index (χ2n) is 5.96. The quantitative estimate of drug-likeness (QED) is 0.588. The molecule has 132 valence electrons. The minimum atomic E-state index is -0.334. The van der Waals surface area contributed by atoms with Crippen LogP contribution < -0.4 is 10.1 Å². The van der Waals surface area contributed by atoms with Gasteiger partial charge in [0.05, 0.1) is 18.4 Å². The van der Waals surface area contributed by atoms with Crippen molar-refractivity contribution in [2.75, 3.05) is 14.2 Å². The van der Waals surface area contributed by atoms with E-state index in [1.165, 1.54) is 0 Å². The number of aryl methyl sites for hydroxylation is 2. The van der Waals surface area contributed by atoms with Crippen molar-refractivity contribution in [3.05, 3.63) is 35.6 Å². The molecule has 2 N–H and O–H groups in total. The summed E-state index contributed by atoms with van der Waals surface area (Å²) in [6, 6.07) is 3.90. The molecule has 4 rings (SSSR count). The average molecular weight is 351 g/mol. The predicted molar refractivity (Wildman–Crippen MR) is 96.3 cm³/mol. The molecular formula is C18H17N5O3. The van der Waals surface area contributed by atoms with Gasteiger partial charge in [0.15, 0.2) is 0 Å². The molecule has 0 bridgehead atoms.